The lowest BCUT2D eigenvalue weighted by atomic mass is 10.1. The standard InChI is InChI=1S/C18H23NO/c1-15(2)19(14-16-8-4-3-5-9-16)13-12-18(20)17-10-6-7-11-17/h3-10,15H,11-14H2,1-2H3. The Bertz CT molecular complexity index is 499. The van der Waals surface area contributed by atoms with E-state index >= 15 is 0 Å². The summed E-state index contributed by atoms with van der Waals surface area (Å²) in [6, 6.07) is 10.9. The van der Waals surface area contributed by atoms with Crippen LogP contribution in [0.5, 0.6) is 0 Å². The van der Waals surface area contributed by atoms with Crippen LogP contribution in [0.2, 0.25) is 0 Å². The van der Waals surface area contributed by atoms with Crippen LogP contribution in [0.1, 0.15) is 32.3 Å². The summed E-state index contributed by atoms with van der Waals surface area (Å²) in [5.74, 6) is 0.286. The first-order valence-corrected chi connectivity index (χ1v) is 7.33. The molecule has 2 heteroatoms. The van der Waals surface area contributed by atoms with E-state index in [1.807, 2.05) is 24.3 Å². The third-order valence-corrected chi connectivity index (χ3v) is 3.71. The lowest BCUT2D eigenvalue weighted by molar-refractivity contribution is -0.116. The average molecular weight is 269 g/mol. The smallest absolute Gasteiger partial charge is 0.160 e. The molecule has 2 nitrogen and oxygen atoms in total. The number of carbonyl (C=O) groups is 1. The number of benzene rings is 1. The number of hydrogen-bond acceptors (Lipinski definition) is 2. The van der Waals surface area contributed by atoms with Crippen LogP contribution in [0.4, 0.5) is 0 Å². The van der Waals surface area contributed by atoms with Crippen LogP contribution in [0.25, 0.3) is 0 Å². The third-order valence-electron chi connectivity index (χ3n) is 3.71. The van der Waals surface area contributed by atoms with Crippen molar-refractivity contribution in [1.82, 2.24) is 4.90 Å². The number of hydrogen-bond donors (Lipinski definition) is 0. The van der Waals surface area contributed by atoms with Gasteiger partial charge in [0, 0.05) is 25.6 Å². The van der Waals surface area contributed by atoms with Crippen molar-refractivity contribution in [3.8, 4) is 0 Å². The molecule has 0 spiro atoms. The van der Waals surface area contributed by atoms with E-state index < -0.39 is 0 Å². The second kappa shape index (κ2) is 7.20. The quantitative estimate of drug-likeness (QED) is 0.751. The average Bonchev–Trinajstić information content (AvgIpc) is 2.98. The largest absolute Gasteiger partial charge is 0.296 e. The molecule has 0 amide bonds. The van der Waals surface area contributed by atoms with Gasteiger partial charge in [-0.05, 0) is 31.4 Å². The van der Waals surface area contributed by atoms with Gasteiger partial charge in [-0.3, -0.25) is 9.69 Å². The van der Waals surface area contributed by atoms with Gasteiger partial charge in [0.25, 0.3) is 0 Å². The van der Waals surface area contributed by atoms with E-state index in [1.165, 1.54) is 5.56 Å². The molecule has 1 aliphatic carbocycles. The normalized spacial score (nSPS) is 14.1. The van der Waals surface area contributed by atoms with Gasteiger partial charge in [-0.1, -0.05) is 48.6 Å². The van der Waals surface area contributed by atoms with Crippen LogP contribution in [-0.4, -0.2) is 23.3 Å². The van der Waals surface area contributed by atoms with Crippen molar-refractivity contribution in [3.63, 3.8) is 0 Å². The molecule has 20 heavy (non-hydrogen) atoms. The molecule has 0 saturated heterocycles. The Morgan fingerprint density at radius 1 is 1.25 bits per heavy atom. The topological polar surface area (TPSA) is 20.3 Å². The summed E-state index contributed by atoms with van der Waals surface area (Å²) < 4.78 is 0. The maximum absolute atomic E-state index is 12.1. The predicted octanol–water partition coefficient (Wildman–Crippen LogP) is 3.74. The molecule has 0 saturated carbocycles. The molecule has 1 aromatic carbocycles. The number of rotatable bonds is 7. The molecule has 0 bridgehead atoms. The summed E-state index contributed by atoms with van der Waals surface area (Å²) in [7, 11) is 0. The van der Waals surface area contributed by atoms with Crippen molar-refractivity contribution >= 4 is 5.78 Å². The number of allylic oxidation sites excluding steroid dienone is 4. The summed E-state index contributed by atoms with van der Waals surface area (Å²) in [4.78, 5) is 14.4. The van der Waals surface area contributed by atoms with E-state index in [0.717, 1.165) is 25.1 Å². The fourth-order valence-corrected chi connectivity index (χ4v) is 2.40. The summed E-state index contributed by atoms with van der Waals surface area (Å²) in [5.41, 5.74) is 2.25. The SMILES string of the molecule is CC(C)N(CCC(=O)C1=CC=CC1)Cc1ccccc1. The van der Waals surface area contributed by atoms with Gasteiger partial charge in [0.1, 0.15) is 0 Å². The molecule has 0 heterocycles. The summed E-state index contributed by atoms with van der Waals surface area (Å²) in [6.07, 6.45) is 7.37. The zero-order chi connectivity index (χ0) is 14.4. The van der Waals surface area contributed by atoms with Gasteiger partial charge in [-0.2, -0.15) is 0 Å². The molecule has 1 aromatic rings. The number of nitrogens with zero attached hydrogens (tertiary/aromatic N) is 1. The monoisotopic (exact) mass is 269 g/mol. The highest BCUT2D eigenvalue weighted by Gasteiger charge is 2.15. The Morgan fingerprint density at radius 2 is 2.00 bits per heavy atom. The molecule has 0 atom stereocenters. The third kappa shape index (κ3) is 4.17. The van der Waals surface area contributed by atoms with Gasteiger partial charge in [0.05, 0.1) is 0 Å². The maximum Gasteiger partial charge on any atom is 0.160 e. The minimum Gasteiger partial charge on any atom is -0.296 e. The lowest BCUT2D eigenvalue weighted by Crippen LogP contribution is -2.32. The first-order chi connectivity index (χ1) is 9.66. The Balaban J connectivity index is 1.88. The Morgan fingerprint density at radius 3 is 2.60 bits per heavy atom. The van der Waals surface area contributed by atoms with E-state index in [-0.39, 0.29) is 5.78 Å². The highest BCUT2D eigenvalue weighted by atomic mass is 16.1. The van der Waals surface area contributed by atoms with Crippen LogP contribution < -0.4 is 0 Å². The highest BCUT2D eigenvalue weighted by molar-refractivity contribution is 5.96. The molecular weight excluding hydrogens is 246 g/mol. The molecule has 0 unspecified atom stereocenters. The van der Waals surface area contributed by atoms with Gasteiger partial charge in [0.15, 0.2) is 5.78 Å². The van der Waals surface area contributed by atoms with Gasteiger partial charge in [-0.15, -0.1) is 0 Å². The van der Waals surface area contributed by atoms with E-state index in [2.05, 4.69) is 43.0 Å². The van der Waals surface area contributed by atoms with Crippen molar-refractivity contribution in [2.45, 2.75) is 39.3 Å². The van der Waals surface area contributed by atoms with Gasteiger partial charge in [-0.25, -0.2) is 0 Å². The Hall–Kier alpha value is -1.67. The number of ketones is 1. The summed E-state index contributed by atoms with van der Waals surface area (Å²) in [5, 5.41) is 0. The van der Waals surface area contributed by atoms with Crippen molar-refractivity contribution < 1.29 is 4.79 Å². The molecule has 1 aliphatic rings. The molecule has 2 rings (SSSR count). The van der Waals surface area contributed by atoms with Crippen LogP contribution in [0.3, 0.4) is 0 Å². The number of carbonyl (C=O) groups excluding carboxylic acids is 1. The van der Waals surface area contributed by atoms with Crippen molar-refractivity contribution in [1.29, 1.82) is 0 Å². The Kier molecular flexibility index (Phi) is 5.31. The minimum atomic E-state index is 0.286. The molecule has 0 aliphatic heterocycles. The molecule has 106 valence electrons. The van der Waals surface area contributed by atoms with Crippen molar-refractivity contribution in [2.24, 2.45) is 0 Å². The van der Waals surface area contributed by atoms with E-state index in [0.29, 0.717) is 12.5 Å². The van der Waals surface area contributed by atoms with Crippen molar-refractivity contribution in [3.05, 3.63) is 59.7 Å². The second-order valence-corrected chi connectivity index (χ2v) is 5.55. The molecular formula is C18H23NO. The van der Waals surface area contributed by atoms with Crippen LogP contribution >= 0.6 is 0 Å². The molecule has 0 aromatic heterocycles. The minimum absolute atomic E-state index is 0.286. The van der Waals surface area contributed by atoms with Crippen molar-refractivity contribution in [2.75, 3.05) is 6.54 Å². The predicted molar refractivity (Wildman–Crippen MR) is 83.5 cm³/mol. The summed E-state index contributed by atoms with van der Waals surface area (Å²) >= 11 is 0. The number of Topliss-reactive ketones (excluding diaryl/α,β-unsaturated/α-hetero) is 1. The van der Waals surface area contributed by atoms with E-state index in [1.54, 1.807) is 0 Å². The first-order valence-electron chi connectivity index (χ1n) is 7.33. The van der Waals surface area contributed by atoms with Gasteiger partial charge >= 0.3 is 0 Å². The zero-order valence-electron chi connectivity index (χ0n) is 12.4. The molecule has 0 fully saturated rings. The maximum atomic E-state index is 12.1. The lowest BCUT2D eigenvalue weighted by Gasteiger charge is -2.26. The fraction of sp³-hybridized carbons (Fsp3) is 0.389. The molecule has 0 radical (unpaired) electrons. The molecule has 0 N–H and O–H groups in total. The van der Waals surface area contributed by atoms with Crippen LogP contribution in [-0.2, 0) is 11.3 Å². The Labute approximate surface area is 121 Å². The summed E-state index contributed by atoms with van der Waals surface area (Å²) in [6.45, 7) is 6.10. The van der Waals surface area contributed by atoms with E-state index in [4.69, 9.17) is 0 Å². The zero-order valence-corrected chi connectivity index (χ0v) is 12.4. The van der Waals surface area contributed by atoms with Crippen LogP contribution in [0.15, 0.2) is 54.1 Å². The van der Waals surface area contributed by atoms with Gasteiger partial charge < -0.3 is 0 Å². The van der Waals surface area contributed by atoms with Crippen LogP contribution in [0, 0.1) is 0 Å². The first kappa shape index (κ1) is 14.7. The van der Waals surface area contributed by atoms with E-state index in [9.17, 15) is 4.79 Å². The fourth-order valence-electron chi connectivity index (χ4n) is 2.40. The van der Waals surface area contributed by atoms with Gasteiger partial charge in [0.2, 0.25) is 0 Å². The highest BCUT2D eigenvalue weighted by Crippen LogP contribution is 2.15. The second-order valence-electron chi connectivity index (χ2n) is 5.55.